The van der Waals surface area contributed by atoms with Crippen molar-refractivity contribution in [2.45, 2.75) is 6.42 Å². The van der Waals surface area contributed by atoms with Crippen LogP contribution in [0.4, 0.5) is 0 Å². The van der Waals surface area contributed by atoms with E-state index >= 15 is 0 Å². The van der Waals surface area contributed by atoms with E-state index in [1.165, 1.54) is 0 Å². The highest BCUT2D eigenvalue weighted by atomic mass is 79.9. The summed E-state index contributed by atoms with van der Waals surface area (Å²) in [5.74, 6) is 1.17. The first-order valence-electron chi connectivity index (χ1n) is 6.23. The average Bonchev–Trinajstić information content (AvgIpc) is 2.50. The molecule has 2 rings (SSSR count). The molecule has 21 heavy (non-hydrogen) atoms. The summed E-state index contributed by atoms with van der Waals surface area (Å²) in [5, 5.41) is 0.620. The first-order valence-corrected chi connectivity index (χ1v) is 7.40. The summed E-state index contributed by atoms with van der Waals surface area (Å²) in [6, 6.07) is 10.6. The van der Waals surface area contributed by atoms with Gasteiger partial charge in [0.15, 0.2) is 5.78 Å². The van der Waals surface area contributed by atoms with Crippen LogP contribution < -0.4 is 9.47 Å². The van der Waals surface area contributed by atoms with E-state index in [-0.39, 0.29) is 12.2 Å². The van der Waals surface area contributed by atoms with Crippen LogP contribution in [0.15, 0.2) is 40.9 Å². The maximum absolute atomic E-state index is 12.4. The molecule has 2 aromatic carbocycles. The molecule has 5 heteroatoms. The molecule has 0 aliphatic rings. The molecule has 0 saturated heterocycles. The van der Waals surface area contributed by atoms with Gasteiger partial charge in [-0.15, -0.1) is 0 Å². The molecule has 0 bridgehead atoms. The number of carbonyl (C=O) groups is 1. The molecular weight excluding hydrogens is 356 g/mol. The maximum atomic E-state index is 12.4. The molecule has 2 aromatic rings. The largest absolute Gasteiger partial charge is 0.497 e. The molecule has 0 heterocycles. The van der Waals surface area contributed by atoms with Crippen molar-refractivity contribution in [2.24, 2.45) is 0 Å². The summed E-state index contributed by atoms with van der Waals surface area (Å²) in [6.45, 7) is 0. The second kappa shape index (κ2) is 6.96. The minimum atomic E-state index is -0.0126. The second-order valence-corrected chi connectivity index (χ2v) is 5.71. The summed E-state index contributed by atoms with van der Waals surface area (Å²) in [6.07, 6.45) is 0.284. The normalized spacial score (nSPS) is 10.3. The van der Waals surface area contributed by atoms with Crippen LogP contribution in [0.2, 0.25) is 5.02 Å². The van der Waals surface area contributed by atoms with E-state index in [0.29, 0.717) is 22.1 Å². The van der Waals surface area contributed by atoms with Gasteiger partial charge in [0.1, 0.15) is 11.5 Å². The smallest absolute Gasteiger partial charge is 0.167 e. The maximum Gasteiger partial charge on any atom is 0.167 e. The predicted molar refractivity (Wildman–Crippen MR) is 86.7 cm³/mol. The van der Waals surface area contributed by atoms with Gasteiger partial charge in [-0.1, -0.05) is 17.7 Å². The molecule has 0 aliphatic heterocycles. The lowest BCUT2D eigenvalue weighted by molar-refractivity contribution is 0.0992. The third kappa shape index (κ3) is 3.99. The minimum absolute atomic E-state index is 0.0126. The fraction of sp³-hybridized carbons (Fsp3) is 0.188. The van der Waals surface area contributed by atoms with E-state index in [1.807, 2.05) is 12.1 Å². The molecule has 0 saturated carbocycles. The zero-order chi connectivity index (χ0) is 15.4. The van der Waals surface area contributed by atoms with E-state index in [0.717, 1.165) is 10.0 Å². The van der Waals surface area contributed by atoms with Gasteiger partial charge in [-0.2, -0.15) is 0 Å². The topological polar surface area (TPSA) is 35.5 Å². The standard InChI is InChI=1S/C16H14BrClO3/c1-20-12-7-11(8-13(9-12)21-2)16(19)6-10-3-4-15(18)14(17)5-10/h3-5,7-9H,6H2,1-2H3. The first kappa shape index (κ1) is 15.9. The van der Waals surface area contributed by atoms with E-state index in [1.54, 1.807) is 38.5 Å². The van der Waals surface area contributed by atoms with Crippen LogP contribution in [0.3, 0.4) is 0 Å². The molecule has 0 aliphatic carbocycles. The highest BCUT2D eigenvalue weighted by Gasteiger charge is 2.11. The molecule has 3 nitrogen and oxygen atoms in total. The van der Waals surface area contributed by atoms with Crippen molar-refractivity contribution in [3.05, 3.63) is 57.0 Å². The number of hydrogen-bond donors (Lipinski definition) is 0. The van der Waals surface area contributed by atoms with Crippen molar-refractivity contribution in [1.82, 2.24) is 0 Å². The SMILES string of the molecule is COc1cc(OC)cc(C(=O)Cc2ccc(Cl)c(Br)c2)c1. The molecule has 0 amide bonds. The van der Waals surface area contributed by atoms with Gasteiger partial charge in [-0.05, 0) is 45.8 Å². The zero-order valence-corrected chi connectivity index (χ0v) is 14.0. The number of hydrogen-bond acceptors (Lipinski definition) is 3. The summed E-state index contributed by atoms with van der Waals surface area (Å²) < 4.78 is 11.1. The quantitative estimate of drug-likeness (QED) is 0.726. The number of halogens is 2. The Balaban J connectivity index is 2.25. The molecule has 0 spiro atoms. The van der Waals surface area contributed by atoms with Gasteiger partial charge >= 0.3 is 0 Å². The lowest BCUT2D eigenvalue weighted by atomic mass is 10.0. The van der Waals surface area contributed by atoms with Crippen LogP contribution in [-0.2, 0) is 6.42 Å². The fourth-order valence-corrected chi connectivity index (χ4v) is 2.45. The number of carbonyl (C=O) groups excluding carboxylic acids is 1. The van der Waals surface area contributed by atoms with Gasteiger partial charge in [0, 0.05) is 22.5 Å². The molecule has 0 radical (unpaired) electrons. The Hall–Kier alpha value is -1.52. The summed E-state index contributed by atoms with van der Waals surface area (Å²) in [7, 11) is 3.11. The Kier molecular flexibility index (Phi) is 5.26. The fourth-order valence-electron chi connectivity index (χ4n) is 1.91. The van der Waals surface area contributed by atoms with E-state index in [4.69, 9.17) is 21.1 Å². The molecule has 0 fully saturated rings. The van der Waals surface area contributed by atoms with Crippen LogP contribution in [0, 0.1) is 0 Å². The molecule has 0 unspecified atom stereocenters. The van der Waals surface area contributed by atoms with E-state index in [9.17, 15) is 4.79 Å². The highest BCUT2D eigenvalue weighted by molar-refractivity contribution is 9.10. The van der Waals surface area contributed by atoms with Crippen molar-refractivity contribution in [3.63, 3.8) is 0 Å². The third-order valence-corrected chi connectivity index (χ3v) is 4.24. The van der Waals surface area contributed by atoms with Gasteiger partial charge in [-0.25, -0.2) is 0 Å². The number of ketones is 1. The monoisotopic (exact) mass is 368 g/mol. The second-order valence-electron chi connectivity index (χ2n) is 4.45. The zero-order valence-electron chi connectivity index (χ0n) is 11.7. The average molecular weight is 370 g/mol. The third-order valence-electron chi connectivity index (χ3n) is 3.02. The number of benzene rings is 2. The summed E-state index contributed by atoms with van der Waals surface area (Å²) >= 11 is 9.30. The first-order chi connectivity index (χ1) is 10.0. The van der Waals surface area contributed by atoms with Crippen LogP contribution >= 0.6 is 27.5 Å². The van der Waals surface area contributed by atoms with E-state index < -0.39 is 0 Å². The molecule has 0 atom stereocenters. The lowest BCUT2D eigenvalue weighted by Crippen LogP contribution is -2.04. The highest BCUT2D eigenvalue weighted by Crippen LogP contribution is 2.26. The molecule has 110 valence electrons. The van der Waals surface area contributed by atoms with Crippen molar-refractivity contribution in [3.8, 4) is 11.5 Å². The van der Waals surface area contributed by atoms with Gasteiger partial charge in [0.05, 0.1) is 19.2 Å². The Morgan fingerprint density at radius 3 is 2.24 bits per heavy atom. The van der Waals surface area contributed by atoms with Crippen molar-refractivity contribution >= 4 is 33.3 Å². The van der Waals surface area contributed by atoms with Crippen LogP contribution in [0.5, 0.6) is 11.5 Å². The predicted octanol–water partition coefficient (Wildman–Crippen LogP) is 4.55. The summed E-state index contributed by atoms with van der Waals surface area (Å²) in [4.78, 5) is 12.4. The Morgan fingerprint density at radius 2 is 1.71 bits per heavy atom. The molecule has 0 N–H and O–H groups in total. The molecular formula is C16H14BrClO3. The van der Waals surface area contributed by atoms with Crippen molar-refractivity contribution < 1.29 is 14.3 Å². The Morgan fingerprint density at radius 1 is 1.10 bits per heavy atom. The van der Waals surface area contributed by atoms with Gasteiger partial charge in [0.2, 0.25) is 0 Å². The van der Waals surface area contributed by atoms with Gasteiger partial charge in [-0.3, -0.25) is 4.79 Å². The van der Waals surface area contributed by atoms with Gasteiger partial charge in [0.25, 0.3) is 0 Å². The van der Waals surface area contributed by atoms with Crippen LogP contribution in [0.1, 0.15) is 15.9 Å². The van der Waals surface area contributed by atoms with Crippen LogP contribution in [-0.4, -0.2) is 20.0 Å². The van der Waals surface area contributed by atoms with Crippen molar-refractivity contribution in [1.29, 1.82) is 0 Å². The Labute approximate surface area is 137 Å². The number of Topliss-reactive ketones (excluding diaryl/α,β-unsaturated/α-hetero) is 1. The number of ether oxygens (including phenoxy) is 2. The number of rotatable bonds is 5. The number of methoxy groups -OCH3 is 2. The van der Waals surface area contributed by atoms with Gasteiger partial charge < -0.3 is 9.47 Å². The van der Waals surface area contributed by atoms with Crippen LogP contribution in [0.25, 0.3) is 0 Å². The summed E-state index contributed by atoms with van der Waals surface area (Å²) in [5.41, 5.74) is 1.44. The minimum Gasteiger partial charge on any atom is -0.497 e. The van der Waals surface area contributed by atoms with Crippen molar-refractivity contribution in [2.75, 3.05) is 14.2 Å². The Bertz CT molecular complexity index is 648. The van der Waals surface area contributed by atoms with E-state index in [2.05, 4.69) is 15.9 Å². The molecule has 0 aromatic heterocycles. The lowest BCUT2D eigenvalue weighted by Gasteiger charge is -2.08.